The second-order valence-corrected chi connectivity index (χ2v) is 3.54. The molecule has 0 aliphatic rings. The van der Waals surface area contributed by atoms with Gasteiger partial charge >= 0.3 is 5.97 Å². The van der Waals surface area contributed by atoms with Crippen molar-refractivity contribution in [2.75, 3.05) is 6.54 Å². The molecule has 92 valence electrons. The molecular weight excluding hydrogens is 224 g/mol. The summed E-state index contributed by atoms with van der Waals surface area (Å²) in [6.07, 6.45) is 1.96. The molecule has 0 bridgehead atoms. The van der Waals surface area contributed by atoms with Crippen LogP contribution in [-0.4, -0.2) is 28.1 Å². The van der Waals surface area contributed by atoms with Gasteiger partial charge in [0, 0.05) is 18.8 Å². The lowest BCUT2D eigenvalue weighted by Gasteiger charge is -2.06. The third kappa shape index (κ3) is 3.75. The van der Waals surface area contributed by atoms with Crippen molar-refractivity contribution in [1.82, 2.24) is 9.88 Å². The number of pyridine rings is 1. The van der Waals surface area contributed by atoms with E-state index in [2.05, 4.69) is 5.32 Å². The zero-order valence-electron chi connectivity index (χ0n) is 9.47. The predicted molar refractivity (Wildman–Crippen MR) is 61.0 cm³/mol. The second-order valence-electron chi connectivity index (χ2n) is 3.54. The molecule has 6 heteroatoms. The molecule has 1 amide bonds. The number of carbonyl (C=O) groups is 2. The third-order valence-electron chi connectivity index (χ3n) is 2.12. The van der Waals surface area contributed by atoms with Gasteiger partial charge in [0.05, 0.1) is 5.56 Å². The van der Waals surface area contributed by atoms with Gasteiger partial charge in [0.15, 0.2) is 0 Å². The quantitative estimate of drug-likeness (QED) is 0.760. The van der Waals surface area contributed by atoms with Crippen LogP contribution in [0.5, 0.6) is 0 Å². The molecule has 0 radical (unpaired) electrons. The van der Waals surface area contributed by atoms with Crippen molar-refractivity contribution in [3.63, 3.8) is 0 Å². The summed E-state index contributed by atoms with van der Waals surface area (Å²) in [4.78, 5) is 33.5. The van der Waals surface area contributed by atoms with Crippen molar-refractivity contribution in [1.29, 1.82) is 0 Å². The number of hydrogen-bond donors (Lipinski definition) is 2. The SMILES string of the molecule is CCCNC(=O)Cn1cc(C(=O)O)ccc1=O. The molecule has 0 fully saturated rings. The summed E-state index contributed by atoms with van der Waals surface area (Å²) in [6.45, 7) is 2.28. The molecule has 0 aromatic carbocycles. The van der Waals surface area contributed by atoms with Crippen LogP contribution in [0.4, 0.5) is 0 Å². The maximum absolute atomic E-state index is 11.4. The van der Waals surface area contributed by atoms with Gasteiger partial charge in [-0.05, 0) is 12.5 Å². The molecule has 6 nitrogen and oxygen atoms in total. The number of nitrogens with one attached hydrogen (secondary N) is 1. The smallest absolute Gasteiger partial charge is 0.337 e. The number of aromatic nitrogens is 1. The van der Waals surface area contributed by atoms with Crippen LogP contribution >= 0.6 is 0 Å². The Morgan fingerprint density at radius 3 is 2.71 bits per heavy atom. The molecule has 0 saturated heterocycles. The summed E-state index contributed by atoms with van der Waals surface area (Å²) < 4.78 is 1.08. The Morgan fingerprint density at radius 1 is 1.41 bits per heavy atom. The molecular formula is C11H14N2O4. The van der Waals surface area contributed by atoms with Gasteiger partial charge < -0.3 is 15.0 Å². The van der Waals surface area contributed by atoms with Crippen LogP contribution in [0.15, 0.2) is 23.1 Å². The van der Waals surface area contributed by atoms with E-state index in [0.29, 0.717) is 6.54 Å². The van der Waals surface area contributed by atoms with Gasteiger partial charge in [-0.3, -0.25) is 9.59 Å². The molecule has 1 aromatic heterocycles. The average molecular weight is 238 g/mol. The fourth-order valence-corrected chi connectivity index (χ4v) is 1.26. The van der Waals surface area contributed by atoms with E-state index in [0.717, 1.165) is 23.3 Å². The first-order valence-electron chi connectivity index (χ1n) is 5.25. The predicted octanol–water partition coefficient (Wildman–Crippen LogP) is 0.0727. The number of carbonyl (C=O) groups excluding carboxylic acids is 1. The Kier molecular flexibility index (Phi) is 4.45. The Hall–Kier alpha value is -2.11. The highest BCUT2D eigenvalue weighted by Gasteiger charge is 2.07. The summed E-state index contributed by atoms with van der Waals surface area (Å²) in [5, 5.41) is 11.4. The number of aromatic carboxylic acids is 1. The molecule has 0 spiro atoms. The molecule has 0 aliphatic heterocycles. The summed E-state index contributed by atoms with van der Waals surface area (Å²) >= 11 is 0. The lowest BCUT2D eigenvalue weighted by atomic mass is 10.3. The number of amides is 1. The number of nitrogens with zero attached hydrogens (tertiary/aromatic N) is 1. The van der Waals surface area contributed by atoms with Crippen molar-refractivity contribution in [3.05, 3.63) is 34.2 Å². The summed E-state index contributed by atoms with van der Waals surface area (Å²) in [6, 6.07) is 2.35. The Labute approximate surface area is 97.9 Å². The number of hydrogen-bond acceptors (Lipinski definition) is 3. The maximum Gasteiger partial charge on any atom is 0.337 e. The van der Waals surface area contributed by atoms with E-state index >= 15 is 0 Å². The molecule has 0 unspecified atom stereocenters. The summed E-state index contributed by atoms with van der Waals surface area (Å²) in [7, 11) is 0. The highest BCUT2D eigenvalue weighted by atomic mass is 16.4. The fourth-order valence-electron chi connectivity index (χ4n) is 1.26. The van der Waals surface area contributed by atoms with Crippen molar-refractivity contribution < 1.29 is 14.7 Å². The standard InChI is InChI=1S/C11H14N2O4/c1-2-5-12-9(14)7-13-6-8(11(16)17)3-4-10(13)15/h3-4,6H,2,5,7H2,1H3,(H,12,14)(H,16,17). The van der Waals surface area contributed by atoms with Crippen LogP contribution in [0.25, 0.3) is 0 Å². The normalized spacial score (nSPS) is 9.94. The van der Waals surface area contributed by atoms with Crippen molar-refractivity contribution in [2.45, 2.75) is 19.9 Å². The van der Waals surface area contributed by atoms with Gasteiger partial charge in [-0.25, -0.2) is 4.79 Å². The Bertz CT molecular complexity index is 479. The molecule has 1 heterocycles. The number of carboxylic acid groups (broad SMARTS) is 1. The first kappa shape index (κ1) is 13.0. The van der Waals surface area contributed by atoms with Gasteiger partial charge in [0.2, 0.25) is 5.91 Å². The van der Waals surface area contributed by atoms with Gasteiger partial charge in [0.25, 0.3) is 5.56 Å². The molecule has 0 atom stereocenters. The van der Waals surface area contributed by atoms with E-state index in [1.807, 2.05) is 6.92 Å². The molecule has 2 N–H and O–H groups in total. The molecule has 1 rings (SSSR count). The van der Waals surface area contributed by atoms with Crippen LogP contribution in [0, 0.1) is 0 Å². The van der Waals surface area contributed by atoms with E-state index in [1.165, 1.54) is 6.07 Å². The van der Waals surface area contributed by atoms with Crippen molar-refractivity contribution >= 4 is 11.9 Å². The van der Waals surface area contributed by atoms with Gasteiger partial charge in [-0.1, -0.05) is 6.92 Å². The third-order valence-corrected chi connectivity index (χ3v) is 2.12. The van der Waals surface area contributed by atoms with Crippen LogP contribution < -0.4 is 10.9 Å². The highest BCUT2D eigenvalue weighted by Crippen LogP contribution is 1.95. The largest absolute Gasteiger partial charge is 0.478 e. The van der Waals surface area contributed by atoms with Gasteiger partial charge in [0.1, 0.15) is 6.54 Å². The lowest BCUT2D eigenvalue weighted by molar-refractivity contribution is -0.121. The van der Waals surface area contributed by atoms with Crippen LogP contribution in [-0.2, 0) is 11.3 Å². The van der Waals surface area contributed by atoms with E-state index < -0.39 is 11.5 Å². The topological polar surface area (TPSA) is 88.4 Å². The molecule has 17 heavy (non-hydrogen) atoms. The minimum absolute atomic E-state index is 0.0205. The Morgan fingerprint density at radius 2 is 2.12 bits per heavy atom. The van der Waals surface area contributed by atoms with E-state index in [1.54, 1.807) is 0 Å². The maximum atomic E-state index is 11.4. The fraction of sp³-hybridized carbons (Fsp3) is 0.364. The van der Waals surface area contributed by atoms with E-state index in [9.17, 15) is 14.4 Å². The minimum atomic E-state index is -1.13. The zero-order chi connectivity index (χ0) is 12.8. The molecule has 1 aromatic rings. The van der Waals surface area contributed by atoms with Crippen LogP contribution in [0.2, 0.25) is 0 Å². The van der Waals surface area contributed by atoms with Gasteiger partial charge in [-0.15, -0.1) is 0 Å². The summed E-state index contributed by atoms with van der Waals surface area (Å²) in [5.74, 6) is -1.44. The van der Waals surface area contributed by atoms with E-state index in [-0.39, 0.29) is 18.0 Å². The lowest BCUT2D eigenvalue weighted by Crippen LogP contribution is -2.32. The number of rotatable bonds is 5. The first-order chi connectivity index (χ1) is 8.04. The van der Waals surface area contributed by atoms with Gasteiger partial charge in [-0.2, -0.15) is 0 Å². The van der Waals surface area contributed by atoms with Crippen molar-refractivity contribution in [2.24, 2.45) is 0 Å². The molecule has 0 saturated carbocycles. The van der Waals surface area contributed by atoms with Crippen LogP contribution in [0.3, 0.4) is 0 Å². The van der Waals surface area contributed by atoms with Crippen molar-refractivity contribution in [3.8, 4) is 0 Å². The van der Waals surface area contributed by atoms with Crippen LogP contribution in [0.1, 0.15) is 23.7 Å². The number of carboxylic acids is 1. The minimum Gasteiger partial charge on any atom is -0.478 e. The Balaban J connectivity index is 2.83. The summed E-state index contributed by atoms with van der Waals surface area (Å²) in [5.41, 5.74) is -0.422. The second kappa shape index (κ2) is 5.83. The molecule has 0 aliphatic carbocycles. The first-order valence-corrected chi connectivity index (χ1v) is 5.25. The highest BCUT2D eigenvalue weighted by molar-refractivity contribution is 5.87. The van der Waals surface area contributed by atoms with E-state index in [4.69, 9.17) is 5.11 Å². The monoisotopic (exact) mass is 238 g/mol. The average Bonchev–Trinajstić information content (AvgIpc) is 2.29. The zero-order valence-corrected chi connectivity index (χ0v) is 9.47.